The fraction of sp³-hybridized carbons (Fsp3) is 0.833. The average molecular weight is 222 g/mol. The summed E-state index contributed by atoms with van der Waals surface area (Å²) in [6, 6.07) is -0.0919. The van der Waals surface area contributed by atoms with Crippen LogP contribution in [-0.4, -0.2) is 23.7 Å². The fourth-order valence-electron chi connectivity index (χ4n) is 2.76. The predicted octanol–water partition coefficient (Wildman–Crippen LogP) is 2.24. The van der Waals surface area contributed by atoms with Crippen molar-refractivity contribution in [1.82, 2.24) is 0 Å². The Hall–Kier alpha value is -1.24. The molecule has 16 heavy (non-hydrogen) atoms. The molecule has 0 saturated heterocycles. The molecule has 88 valence electrons. The van der Waals surface area contributed by atoms with Gasteiger partial charge in [-0.25, -0.2) is 14.6 Å². The molecule has 1 aliphatic rings. The minimum absolute atomic E-state index is 0.00162. The van der Waals surface area contributed by atoms with Crippen molar-refractivity contribution in [3.63, 3.8) is 0 Å². The summed E-state index contributed by atoms with van der Waals surface area (Å²) in [5.74, 6) is 0.250. The molecule has 1 fully saturated rings. The highest BCUT2D eigenvalue weighted by Crippen LogP contribution is 2.48. The van der Waals surface area contributed by atoms with E-state index in [4.69, 9.17) is 0 Å². The summed E-state index contributed by atoms with van der Waals surface area (Å²) in [7, 11) is 0. The van der Waals surface area contributed by atoms with Crippen LogP contribution in [0.3, 0.4) is 0 Å². The Morgan fingerprint density at radius 1 is 1.12 bits per heavy atom. The van der Waals surface area contributed by atoms with Crippen LogP contribution in [0.2, 0.25) is 0 Å². The third kappa shape index (κ3) is 2.29. The van der Waals surface area contributed by atoms with Crippen molar-refractivity contribution in [2.45, 2.75) is 52.1 Å². The van der Waals surface area contributed by atoms with E-state index < -0.39 is 5.54 Å². The van der Waals surface area contributed by atoms with E-state index in [9.17, 15) is 9.59 Å². The second-order valence-electron chi connectivity index (χ2n) is 5.55. The van der Waals surface area contributed by atoms with Crippen LogP contribution in [0.15, 0.2) is 9.98 Å². The monoisotopic (exact) mass is 222 g/mol. The van der Waals surface area contributed by atoms with Gasteiger partial charge in [0, 0.05) is 0 Å². The third-order valence-electron chi connectivity index (χ3n) is 4.05. The molecule has 4 heteroatoms. The molecule has 0 aromatic rings. The average Bonchev–Trinajstić information content (AvgIpc) is 2.14. The van der Waals surface area contributed by atoms with E-state index in [-0.39, 0.29) is 17.4 Å². The molecule has 1 rings (SSSR count). The van der Waals surface area contributed by atoms with Gasteiger partial charge in [0.05, 0.1) is 11.6 Å². The van der Waals surface area contributed by atoms with E-state index in [2.05, 4.69) is 30.8 Å². The number of nitrogens with zero attached hydrogens (tertiary/aromatic N) is 2. The molecular formula is C12H18N2O2. The van der Waals surface area contributed by atoms with Crippen molar-refractivity contribution in [3.8, 4) is 0 Å². The van der Waals surface area contributed by atoms with Gasteiger partial charge >= 0.3 is 0 Å². The van der Waals surface area contributed by atoms with Crippen LogP contribution in [-0.2, 0) is 9.59 Å². The molecule has 4 nitrogen and oxygen atoms in total. The molecule has 0 aromatic carbocycles. The topological polar surface area (TPSA) is 58.9 Å². The van der Waals surface area contributed by atoms with Gasteiger partial charge in [0.25, 0.3) is 0 Å². The van der Waals surface area contributed by atoms with Crippen LogP contribution in [0.1, 0.15) is 40.5 Å². The van der Waals surface area contributed by atoms with Gasteiger partial charge in [-0.1, -0.05) is 20.8 Å². The Morgan fingerprint density at radius 3 is 2.25 bits per heavy atom. The first-order valence-electron chi connectivity index (χ1n) is 5.52. The highest BCUT2D eigenvalue weighted by Gasteiger charge is 2.47. The lowest BCUT2D eigenvalue weighted by atomic mass is 9.60. The standard InChI is InChI=1S/C12H18N2O2/c1-9-11(2,3)5-10(13-7-15)6-12(9,4)14-8-16/h9-10H,5-6H2,1-4H3. The Kier molecular flexibility index (Phi) is 3.47. The molecule has 0 aromatic heterocycles. The SMILES string of the molecule is CC1C(C)(C)CC(N=C=O)CC1(C)N=C=O. The zero-order chi connectivity index (χ0) is 12.4. The molecule has 0 N–H and O–H groups in total. The molecule has 0 heterocycles. The summed E-state index contributed by atoms with van der Waals surface area (Å²) >= 11 is 0. The molecule has 0 radical (unpaired) electrons. The number of hydrogen-bond acceptors (Lipinski definition) is 4. The van der Waals surface area contributed by atoms with Crippen molar-refractivity contribution in [2.75, 3.05) is 0 Å². The minimum atomic E-state index is -0.478. The van der Waals surface area contributed by atoms with Gasteiger partial charge in [0.2, 0.25) is 12.2 Å². The third-order valence-corrected chi connectivity index (χ3v) is 4.05. The maximum absolute atomic E-state index is 10.5. The normalized spacial score (nSPS) is 37.0. The highest BCUT2D eigenvalue weighted by atomic mass is 16.1. The van der Waals surface area contributed by atoms with Crippen LogP contribution >= 0.6 is 0 Å². The van der Waals surface area contributed by atoms with Crippen molar-refractivity contribution < 1.29 is 9.59 Å². The Labute approximate surface area is 95.9 Å². The largest absolute Gasteiger partial charge is 0.235 e. The highest BCUT2D eigenvalue weighted by molar-refractivity contribution is 5.36. The summed E-state index contributed by atoms with van der Waals surface area (Å²) < 4.78 is 0. The Balaban J connectivity index is 3.09. The Bertz CT molecular complexity index is 365. The second kappa shape index (κ2) is 4.32. The first-order valence-corrected chi connectivity index (χ1v) is 5.52. The Morgan fingerprint density at radius 2 is 1.75 bits per heavy atom. The summed E-state index contributed by atoms with van der Waals surface area (Å²) in [6.07, 6.45) is 4.69. The molecule has 0 aliphatic heterocycles. The lowest BCUT2D eigenvalue weighted by molar-refractivity contribution is 0.0641. The smallest absolute Gasteiger partial charge is 0.211 e. The van der Waals surface area contributed by atoms with Crippen molar-refractivity contribution >= 4 is 12.2 Å². The molecule has 0 spiro atoms. The van der Waals surface area contributed by atoms with Crippen LogP contribution < -0.4 is 0 Å². The van der Waals surface area contributed by atoms with E-state index >= 15 is 0 Å². The summed E-state index contributed by atoms with van der Waals surface area (Å²) in [4.78, 5) is 28.6. The number of aliphatic imine (C=N–C) groups is 2. The molecule has 0 bridgehead atoms. The van der Waals surface area contributed by atoms with Gasteiger partial charge < -0.3 is 0 Å². The molecule has 0 amide bonds. The maximum atomic E-state index is 10.5. The van der Waals surface area contributed by atoms with Crippen LogP contribution in [0.5, 0.6) is 0 Å². The first kappa shape index (κ1) is 12.8. The first-order chi connectivity index (χ1) is 7.35. The van der Waals surface area contributed by atoms with Gasteiger partial charge in [0.1, 0.15) is 0 Å². The number of carbonyl (C=O) groups excluding carboxylic acids is 2. The minimum Gasteiger partial charge on any atom is -0.211 e. The van der Waals surface area contributed by atoms with Gasteiger partial charge in [-0.05, 0) is 31.1 Å². The summed E-state index contributed by atoms with van der Waals surface area (Å²) in [5.41, 5.74) is -0.479. The van der Waals surface area contributed by atoms with Crippen LogP contribution in [0, 0.1) is 11.3 Å². The van der Waals surface area contributed by atoms with E-state index in [1.54, 1.807) is 12.2 Å². The van der Waals surface area contributed by atoms with Crippen LogP contribution in [0.4, 0.5) is 0 Å². The quantitative estimate of drug-likeness (QED) is 0.531. The predicted molar refractivity (Wildman–Crippen MR) is 60.6 cm³/mol. The van der Waals surface area contributed by atoms with Crippen molar-refractivity contribution in [1.29, 1.82) is 0 Å². The van der Waals surface area contributed by atoms with E-state index in [0.29, 0.717) is 6.42 Å². The van der Waals surface area contributed by atoms with E-state index in [1.165, 1.54) is 0 Å². The second-order valence-corrected chi connectivity index (χ2v) is 5.55. The lowest BCUT2D eigenvalue weighted by Crippen LogP contribution is -2.48. The van der Waals surface area contributed by atoms with Gasteiger partial charge in [-0.15, -0.1) is 0 Å². The summed E-state index contributed by atoms with van der Waals surface area (Å²) in [6.45, 7) is 8.24. The van der Waals surface area contributed by atoms with E-state index in [0.717, 1.165) is 6.42 Å². The maximum Gasteiger partial charge on any atom is 0.235 e. The molecule has 1 aliphatic carbocycles. The molecular weight excluding hydrogens is 204 g/mol. The number of hydrogen-bond donors (Lipinski definition) is 0. The zero-order valence-corrected chi connectivity index (χ0v) is 10.3. The zero-order valence-electron chi connectivity index (χ0n) is 10.3. The fourth-order valence-corrected chi connectivity index (χ4v) is 2.76. The van der Waals surface area contributed by atoms with Gasteiger partial charge in [-0.3, -0.25) is 0 Å². The number of isocyanates is 2. The van der Waals surface area contributed by atoms with Crippen molar-refractivity contribution in [3.05, 3.63) is 0 Å². The number of rotatable bonds is 2. The molecule has 3 atom stereocenters. The van der Waals surface area contributed by atoms with Gasteiger partial charge in [0.15, 0.2) is 0 Å². The lowest BCUT2D eigenvalue weighted by Gasteiger charge is -2.48. The van der Waals surface area contributed by atoms with Crippen molar-refractivity contribution in [2.24, 2.45) is 21.3 Å². The molecule has 1 saturated carbocycles. The molecule has 3 unspecified atom stereocenters. The van der Waals surface area contributed by atoms with E-state index in [1.807, 2.05) is 6.92 Å². The summed E-state index contributed by atoms with van der Waals surface area (Å²) in [5, 5.41) is 0. The van der Waals surface area contributed by atoms with Gasteiger partial charge in [-0.2, -0.15) is 4.99 Å². The van der Waals surface area contributed by atoms with Crippen LogP contribution in [0.25, 0.3) is 0 Å².